The van der Waals surface area contributed by atoms with E-state index >= 15 is 0 Å². The molecule has 2 amide bonds. The van der Waals surface area contributed by atoms with Gasteiger partial charge in [-0.3, -0.25) is 9.59 Å². The van der Waals surface area contributed by atoms with Gasteiger partial charge < -0.3 is 14.9 Å². The number of amides is 2. The number of rotatable bonds is 4. The minimum Gasteiger partial charge on any atom is -0.507 e. The van der Waals surface area contributed by atoms with E-state index in [2.05, 4.69) is 0 Å². The molecule has 0 radical (unpaired) electrons. The molecule has 4 rings (SSSR count). The Bertz CT molecular complexity index is 1190. The van der Waals surface area contributed by atoms with E-state index in [0.717, 1.165) is 16.4 Å². The van der Waals surface area contributed by atoms with Crippen molar-refractivity contribution in [1.29, 1.82) is 0 Å². The molecule has 0 unspecified atom stereocenters. The normalized spacial score (nSPS) is 18.2. The lowest BCUT2D eigenvalue weighted by Gasteiger charge is -2.38. The van der Waals surface area contributed by atoms with Gasteiger partial charge in [0.2, 0.25) is 15.9 Å². The number of halogens is 2. The van der Waals surface area contributed by atoms with Crippen LogP contribution in [0.2, 0.25) is 0 Å². The number of nitrogens with zero attached hydrogens (tertiary/aromatic N) is 3. The number of carbonyl (C=O) groups excluding carboxylic acids is 2. The fraction of sp³-hybridized carbons (Fsp3) is 0.391. The van der Waals surface area contributed by atoms with Crippen molar-refractivity contribution in [3.63, 3.8) is 0 Å². The maximum Gasteiger partial charge on any atom is 0.257 e. The van der Waals surface area contributed by atoms with Crippen LogP contribution in [0.4, 0.5) is 8.78 Å². The first-order valence-electron chi connectivity index (χ1n) is 11.0. The Labute approximate surface area is 196 Å². The summed E-state index contributed by atoms with van der Waals surface area (Å²) in [4.78, 5) is 28.2. The number of hydrogen-bond donors (Lipinski definition) is 1. The first-order valence-corrected chi connectivity index (χ1v) is 12.4. The van der Waals surface area contributed by atoms with E-state index in [1.54, 1.807) is 28.0 Å². The molecule has 2 aromatic rings. The second kappa shape index (κ2) is 9.67. The average molecular weight is 494 g/mol. The average Bonchev–Trinajstić information content (AvgIpc) is 2.85. The van der Waals surface area contributed by atoms with Crippen LogP contribution in [-0.4, -0.2) is 78.7 Å². The first-order chi connectivity index (χ1) is 16.2. The molecule has 0 aliphatic carbocycles. The number of sulfonamides is 1. The van der Waals surface area contributed by atoms with Gasteiger partial charge in [-0.2, -0.15) is 4.31 Å². The summed E-state index contributed by atoms with van der Waals surface area (Å²) in [6, 6.07) is 8.60. The second-order valence-electron chi connectivity index (χ2n) is 8.39. The zero-order chi connectivity index (χ0) is 24.5. The number of phenols is 1. The summed E-state index contributed by atoms with van der Waals surface area (Å²) in [5.41, 5.74) is 0.214. The minimum absolute atomic E-state index is 0.0282. The van der Waals surface area contributed by atoms with Crippen molar-refractivity contribution in [3.8, 4) is 5.75 Å². The van der Waals surface area contributed by atoms with Crippen LogP contribution in [0.25, 0.3) is 0 Å². The summed E-state index contributed by atoms with van der Waals surface area (Å²) in [6.45, 7) is 1.38. The van der Waals surface area contributed by atoms with Crippen molar-refractivity contribution in [1.82, 2.24) is 14.1 Å². The lowest BCUT2D eigenvalue weighted by atomic mass is 9.96. The maximum absolute atomic E-state index is 14.0. The molecule has 0 aromatic heterocycles. The molecule has 0 spiro atoms. The largest absolute Gasteiger partial charge is 0.507 e. The smallest absolute Gasteiger partial charge is 0.257 e. The molecule has 1 N–H and O–H groups in total. The highest BCUT2D eigenvalue weighted by atomic mass is 32.2. The van der Waals surface area contributed by atoms with Crippen LogP contribution in [0.1, 0.15) is 23.2 Å². The van der Waals surface area contributed by atoms with E-state index in [-0.39, 0.29) is 55.0 Å². The van der Waals surface area contributed by atoms with Gasteiger partial charge in [0.05, 0.1) is 5.56 Å². The van der Waals surface area contributed by atoms with E-state index < -0.39 is 26.6 Å². The van der Waals surface area contributed by atoms with Crippen molar-refractivity contribution in [2.45, 2.75) is 17.7 Å². The molecular weight excluding hydrogens is 468 g/mol. The van der Waals surface area contributed by atoms with E-state index in [1.807, 2.05) is 0 Å². The molecule has 2 aliphatic heterocycles. The first kappa shape index (κ1) is 24.1. The van der Waals surface area contributed by atoms with Gasteiger partial charge in [-0.25, -0.2) is 17.2 Å². The van der Waals surface area contributed by atoms with Gasteiger partial charge in [0.1, 0.15) is 22.3 Å². The predicted molar refractivity (Wildman–Crippen MR) is 118 cm³/mol. The molecule has 2 aromatic carbocycles. The number of piperidine rings is 1. The summed E-state index contributed by atoms with van der Waals surface area (Å²) in [5, 5.41) is 9.90. The summed E-state index contributed by atoms with van der Waals surface area (Å²) in [6.07, 6.45) is 0.540. The van der Waals surface area contributed by atoms with Crippen LogP contribution >= 0.6 is 0 Å². The molecular formula is C23H25F2N3O5S. The third-order valence-electron chi connectivity index (χ3n) is 6.33. The SMILES string of the molecule is O=C(c1ccccc1O)N1CCN(C(=O)C2CCN(S(=O)(=O)c3cc(F)ccc3F)CC2)CC1. The van der Waals surface area contributed by atoms with Crippen LogP contribution in [0.5, 0.6) is 5.75 Å². The standard InChI is InChI=1S/C23H25F2N3O5S/c24-17-5-6-19(25)21(15-17)34(32,33)28-9-7-16(8-10-28)22(30)26-11-13-27(14-12-26)23(31)18-3-1-2-4-20(18)29/h1-6,15-16,29H,7-14H2. The fourth-order valence-electron chi connectivity index (χ4n) is 4.37. The van der Waals surface area contributed by atoms with E-state index in [0.29, 0.717) is 32.2 Å². The molecule has 8 nitrogen and oxygen atoms in total. The second-order valence-corrected chi connectivity index (χ2v) is 10.3. The highest BCUT2D eigenvalue weighted by Gasteiger charge is 2.36. The maximum atomic E-state index is 14.0. The molecule has 2 heterocycles. The van der Waals surface area contributed by atoms with Gasteiger partial charge in [0.15, 0.2) is 0 Å². The number of carbonyl (C=O) groups is 2. The van der Waals surface area contributed by atoms with Crippen LogP contribution in [0.15, 0.2) is 47.4 Å². The Morgan fingerprint density at radius 2 is 1.50 bits per heavy atom. The highest BCUT2D eigenvalue weighted by molar-refractivity contribution is 7.89. The number of piperazine rings is 1. The molecule has 0 saturated carbocycles. The van der Waals surface area contributed by atoms with Gasteiger partial charge in [-0.1, -0.05) is 12.1 Å². The van der Waals surface area contributed by atoms with Gasteiger partial charge in [0, 0.05) is 45.2 Å². The van der Waals surface area contributed by atoms with Crippen molar-refractivity contribution in [2.75, 3.05) is 39.3 Å². The van der Waals surface area contributed by atoms with Crippen LogP contribution in [-0.2, 0) is 14.8 Å². The van der Waals surface area contributed by atoms with Crippen molar-refractivity contribution in [3.05, 3.63) is 59.7 Å². The topological polar surface area (TPSA) is 98.2 Å². The third kappa shape index (κ3) is 4.76. The predicted octanol–water partition coefficient (Wildman–Crippen LogP) is 2.06. The number of benzene rings is 2. The van der Waals surface area contributed by atoms with Crippen molar-refractivity contribution < 1.29 is 31.9 Å². The summed E-state index contributed by atoms with van der Waals surface area (Å²) in [7, 11) is -4.21. The summed E-state index contributed by atoms with van der Waals surface area (Å²) < 4.78 is 54.1. The summed E-state index contributed by atoms with van der Waals surface area (Å²) >= 11 is 0. The van der Waals surface area contributed by atoms with Gasteiger partial charge >= 0.3 is 0 Å². The van der Waals surface area contributed by atoms with Crippen LogP contribution in [0.3, 0.4) is 0 Å². The van der Waals surface area contributed by atoms with E-state index in [4.69, 9.17) is 0 Å². The Balaban J connectivity index is 1.32. The molecule has 11 heteroatoms. The fourth-order valence-corrected chi connectivity index (χ4v) is 5.92. The summed E-state index contributed by atoms with van der Waals surface area (Å²) in [5.74, 6) is -2.74. The quantitative estimate of drug-likeness (QED) is 0.703. The van der Waals surface area contributed by atoms with Gasteiger partial charge in [0.25, 0.3) is 5.91 Å². The highest BCUT2D eigenvalue weighted by Crippen LogP contribution is 2.27. The van der Waals surface area contributed by atoms with E-state index in [1.165, 1.54) is 6.07 Å². The molecule has 2 fully saturated rings. The zero-order valence-corrected chi connectivity index (χ0v) is 19.2. The minimum atomic E-state index is -4.21. The molecule has 182 valence electrons. The monoisotopic (exact) mass is 493 g/mol. The van der Waals surface area contributed by atoms with Crippen molar-refractivity contribution >= 4 is 21.8 Å². The van der Waals surface area contributed by atoms with E-state index in [9.17, 15) is 31.9 Å². The number of aromatic hydroxyl groups is 1. The molecule has 0 atom stereocenters. The lowest BCUT2D eigenvalue weighted by molar-refractivity contribution is -0.138. The Morgan fingerprint density at radius 3 is 2.15 bits per heavy atom. The van der Waals surface area contributed by atoms with Crippen molar-refractivity contribution in [2.24, 2.45) is 5.92 Å². The van der Waals surface area contributed by atoms with Crippen LogP contribution in [0, 0.1) is 17.6 Å². The lowest BCUT2D eigenvalue weighted by Crippen LogP contribution is -2.53. The third-order valence-corrected chi connectivity index (χ3v) is 8.24. The number of hydrogen-bond acceptors (Lipinski definition) is 5. The molecule has 2 aliphatic rings. The number of phenolic OH excluding ortho intramolecular Hbond substituents is 1. The molecule has 0 bridgehead atoms. The van der Waals surface area contributed by atoms with Crippen LogP contribution < -0.4 is 0 Å². The number of para-hydroxylation sites is 1. The molecule has 2 saturated heterocycles. The molecule has 34 heavy (non-hydrogen) atoms. The van der Waals surface area contributed by atoms with Gasteiger partial charge in [-0.05, 0) is 43.2 Å². The van der Waals surface area contributed by atoms with Gasteiger partial charge in [-0.15, -0.1) is 0 Å². The zero-order valence-electron chi connectivity index (χ0n) is 18.4. The Hall–Kier alpha value is -3.05. The Kier molecular flexibility index (Phi) is 6.85. The Morgan fingerprint density at radius 1 is 0.882 bits per heavy atom.